The molecule has 1 aliphatic heterocycles. The second-order valence-corrected chi connectivity index (χ2v) is 7.86. The molecule has 4 rings (SSSR count). The molecule has 1 amide bonds. The number of rotatable bonds is 4. The van der Waals surface area contributed by atoms with Gasteiger partial charge in [0.25, 0.3) is 5.91 Å². The summed E-state index contributed by atoms with van der Waals surface area (Å²) in [6.07, 6.45) is 0. The quantitative estimate of drug-likeness (QED) is 0.639. The fourth-order valence-corrected chi connectivity index (χ4v) is 3.84. The van der Waals surface area contributed by atoms with E-state index in [0.717, 1.165) is 5.56 Å². The highest BCUT2D eigenvalue weighted by Gasteiger charge is 2.42. The molecule has 0 bridgehead atoms. The molecule has 3 aromatic rings. The first-order valence-corrected chi connectivity index (χ1v) is 9.60. The van der Waals surface area contributed by atoms with Gasteiger partial charge in [0.15, 0.2) is 5.43 Å². The van der Waals surface area contributed by atoms with Gasteiger partial charge in [0.2, 0.25) is 5.76 Å². The Labute approximate surface area is 172 Å². The highest BCUT2D eigenvalue weighted by Crippen LogP contribution is 2.39. The standard InChI is InChI=1S/C21H18Cl2N2O3/c1-24(2)9-10-25-18(12-7-8-14(22)15(23)11-12)17-19(26)13-5-3-4-6-16(13)28-20(17)21(25)27/h3-8,11,18H,9-10H2,1-2H3. The van der Waals surface area contributed by atoms with E-state index in [0.29, 0.717) is 39.7 Å². The molecule has 0 spiro atoms. The molecule has 0 aliphatic carbocycles. The van der Waals surface area contributed by atoms with Crippen LogP contribution in [0.2, 0.25) is 10.0 Å². The van der Waals surface area contributed by atoms with Gasteiger partial charge in [-0.1, -0.05) is 41.4 Å². The summed E-state index contributed by atoms with van der Waals surface area (Å²) in [7, 11) is 3.86. The SMILES string of the molecule is CN(C)CCN1C(=O)c2oc3ccccc3c(=O)c2C1c1ccc(Cl)c(Cl)c1. The fraction of sp³-hybridized carbons (Fsp3) is 0.238. The molecule has 7 heteroatoms. The van der Waals surface area contributed by atoms with Crippen molar-refractivity contribution in [3.8, 4) is 0 Å². The molecule has 5 nitrogen and oxygen atoms in total. The Bertz CT molecular complexity index is 1140. The number of carbonyl (C=O) groups is 1. The Morgan fingerprint density at radius 3 is 2.54 bits per heavy atom. The van der Waals surface area contributed by atoms with Crippen molar-refractivity contribution in [2.24, 2.45) is 0 Å². The zero-order valence-corrected chi connectivity index (χ0v) is 16.9. The molecular weight excluding hydrogens is 399 g/mol. The predicted molar refractivity (Wildman–Crippen MR) is 110 cm³/mol. The molecule has 28 heavy (non-hydrogen) atoms. The molecule has 0 N–H and O–H groups in total. The van der Waals surface area contributed by atoms with Gasteiger partial charge < -0.3 is 14.2 Å². The van der Waals surface area contributed by atoms with Crippen molar-refractivity contribution < 1.29 is 9.21 Å². The number of para-hydroxylation sites is 1. The molecule has 2 heterocycles. The number of hydrogen-bond acceptors (Lipinski definition) is 4. The minimum absolute atomic E-state index is 0.0959. The third kappa shape index (κ3) is 3.09. The lowest BCUT2D eigenvalue weighted by molar-refractivity contribution is 0.0716. The van der Waals surface area contributed by atoms with Crippen LogP contribution >= 0.6 is 23.2 Å². The largest absolute Gasteiger partial charge is 0.450 e. The number of benzene rings is 2. The first-order valence-electron chi connectivity index (χ1n) is 8.85. The Balaban J connectivity index is 1.95. The van der Waals surface area contributed by atoms with Crippen molar-refractivity contribution >= 4 is 40.1 Å². The first kappa shape index (κ1) is 19.0. The molecule has 0 radical (unpaired) electrons. The van der Waals surface area contributed by atoms with E-state index in [9.17, 15) is 9.59 Å². The summed E-state index contributed by atoms with van der Waals surface area (Å²) in [5, 5.41) is 1.24. The molecule has 144 valence electrons. The lowest BCUT2D eigenvalue weighted by atomic mass is 9.98. The van der Waals surface area contributed by atoms with E-state index < -0.39 is 6.04 Å². The minimum atomic E-state index is -0.571. The highest BCUT2D eigenvalue weighted by atomic mass is 35.5. The van der Waals surface area contributed by atoms with Crippen LogP contribution in [0.3, 0.4) is 0 Å². The Morgan fingerprint density at radius 2 is 1.82 bits per heavy atom. The molecule has 1 atom stereocenters. The molecular formula is C21H18Cl2N2O3. The Morgan fingerprint density at radius 1 is 1.07 bits per heavy atom. The summed E-state index contributed by atoms with van der Waals surface area (Å²) in [5.41, 5.74) is 1.28. The molecule has 1 unspecified atom stereocenters. The lowest BCUT2D eigenvalue weighted by Crippen LogP contribution is -2.35. The Kier molecular flexibility index (Phi) is 4.91. The summed E-state index contributed by atoms with van der Waals surface area (Å²) in [4.78, 5) is 30.1. The second kappa shape index (κ2) is 7.24. The molecule has 0 saturated carbocycles. The van der Waals surface area contributed by atoms with Crippen molar-refractivity contribution in [1.29, 1.82) is 0 Å². The third-order valence-corrected chi connectivity index (χ3v) is 5.66. The normalized spacial score (nSPS) is 16.2. The van der Waals surface area contributed by atoms with Crippen LogP contribution in [0.5, 0.6) is 0 Å². The number of carbonyl (C=O) groups excluding carboxylic acids is 1. The van der Waals surface area contributed by atoms with E-state index >= 15 is 0 Å². The summed E-state index contributed by atoms with van der Waals surface area (Å²) < 4.78 is 5.88. The van der Waals surface area contributed by atoms with E-state index in [2.05, 4.69) is 0 Å². The van der Waals surface area contributed by atoms with Gasteiger partial charge in [0.1, 0.15) is 5.58 Å². The van der Waals surface area contributed by atoms with Crippen LogP contribution in [0.4, 0.5) is 0 Å². The van der Waals surface area contributed by atoms with Crippen LogP contribution in [-0.4, -0.2) is 42.9 Å². The van der Waals surface area contributed by atoms with Gasteiger partial charge in [-0.2, -0.15) is 0 Å². The lowest BCUT2D eigenvalue weighted by Gasteiger charge is -2.26. The predicted octanol–water partition coefficient (Wildman–Crippen LogP) is 4.21. The van der Waals surface area contributed by atoms with Crippen LogP contribution < -0.4 is 5.43 Å². The summed E-state index contributed by atoms with van der Waals surface area (Å²) in [5.74, 6) is -0.200. The van der Waals surface area contributed by atoms with Crippen molar-refractivity contribution in [2.45, 2.75) is 6.04 Å². The van der Waals surface area contributed by atoms with Crippen molar-refractivity contribution in [2.75, 3.05) is 27.2 Å². The van der Waals surface area contributed by atoms with Crippen molar-refractivity contribution in [1.82, 2.24) is 9.80 Å². The molecule has 0 fully saturated rings. The minimum Gasteiger partial charge on any atom is -0.450 e. The number of fused-ring (bicyclic) bond motifs is 2. The van der Waals surface area contributed by atoms with Crippen LogP contribution in [0.1, 0.15) is 27.7 Å². The summed E-state index contributed by atoms with van der Waals surface area (Å²) in [6.45, 7) is 1.09. The maximum absolute atomic E-state index is 13.3. The third-order valence-electron chi connectivity index (χ3n) is 4.92. The second-order valence-electron chi connectivity index (χ2n) is 7.05. The average molecular weight is 417 g/mol. The van der Waals surface area contributed by atoms with Crippen molar-refractivity contribution in [3.05, 3.63) is 79.6 Å². The zero-order chi connectivity index (χ0) is 20.0. The number of likely N-dealkylation sites (N-methyl/N-ethyl adjacent to an activating group) is 1. The van der Waals surface area contributed by atoms with E-state index in [4.69, 9.17) is 27.6 Å². The highest BCUT2D eigenvalue weighted by molar-refractivity contribution is 6.42. The summed E-state index contributed by atoms with van der Waals surface area (Å²) >= 11 is 12.3. The zero-order valence-electron chi connectivity index (χ0n) is 15.4. The summed E-state index contributed by atoms with van der Waals surface area (Å²) in [6, 6.07) is 11.6. The van der Waals surface area contributed by atoms with Gasteiger partial charge in [-0.25, -0.2) is 0 Å². The number of amides is 1. The maximum atomic E-state index is 13.3. The topological polar surface area (TPSA) is 53.8 Å². The van der Waals surface area contributed by atoms with E-state index in [1.807, 2.05) is 19.0 Å². The van der Waals surface area contributed by atoms with Crippen molar-refractivity contribution in [3.63, 3.8) is 0 Å². The van der Waals surface area contributed by atoms with Gasteiger partial charge >= 0.3 is 0 Å². The van der Waals surface area contributed by atoms with Crippen LogP contribution in [0.15, 0.2) is 51.7 Å². The van der Waals surface area contributed by atoms with Crippen LogP contribution in [0.25, 0.3) is 11.0 Å². The van der Waals surface area contributed by atoms with E-state index in [-0.39, 0.29) is 17.1 Å². The molecule has 2 aromatic carbocycles. The van der Waals surface area contributed by atoms with E-state index in [1.54, 1.807) is 47.4 Å². The van der Waals surface area contributed by atoms with Gasteiger partial charge in [-0.15, -0.1) is 0 Å². The Hall–Kier alpha value is -2.34. The van der Waals surface area contributed by atoms with Crippen LogP contribution in [0, 0.1) is 0 Å². The van der Waals surface area contributed by atoms with Crippen LogP contribution in [-0.2, 0) is 0 Å². The first-order chi connectivity index (χ1) is 13.4. The monoisotopic (exact) mass is 416 g/mol. The average Bonchev–Trinajstić information content (AvgIpc) is 2.95. The van der Waals surface area contributed by atoms with Gasteiger partial charge in [0.05, 0.1) is 27.0 Å². The molecule has 0 saturated heterocycles. The van der Waals surface area contributed by atoms with E-state index in [1.165, 1.54) is 0 Å². The number of halogens is 2. The maximum Gasteiger partial charge on any atom is 0.290 e. The van der Waals surface area contributed by atoms with Gasteiger partial charge in [0, 0.05) is 13.1 Å². The molecule has 1 aromatic heterocycles. The fourth-order valence-electron chi connectivity index (χ4n) is 3.53. The smallest absolute Gasteiger partial charge is 0.290 e. The van der Waals surface area contributed by atoms with Gasteiger partial charge in [-0.05, 0) is 43.9 Å². The van der Waals surface area contributed by atoms with Gasteiger partial charge in [-0.3, -0.25) is 9.59 Å². The molecule has 1 aliphatic rings. The number of nitrogens with zero attached hydrogens (tertiary/aromatic N) is 2. The number of hydrogen-bond donors (Lipinski definition) is 0.